The van der Waals surface area contributed by atoms with Gasteiger partial charge in [-0.2, -0.15) is 0 Å². The zero-order chi connectivity index (χ0) is 16.5. The molecule has 1 fully saturated rings. The van der Waals surface area contributed by atoms with Crippen LogP contribution in [0.5, 0.6) is 0 Å². The number of nitrogens with zero attached hydrogens (tertiary/aromatic N) is 2. The summed E-state index contributed by atoms with van der Waals surface area (Å²) in [6, 6.07) is 10.7. The van der Waals surface area contributed by atoms with Crippen LogP contribution in [0.1, 0.15) is 44.6 Å². The smallest absolute Gasteiger partial charge is 0.193 e. The van der Waals surface area contributed by atoms with E-state index in [4.69, 9.17) is 4.74 Å². The molecule has 0 aliphatic carbocycles. The molecule has 0 aromatic heterocycles. The van der Waals surface area contributed by atoms with Crippen LogP contribution in [-0.4, -0.2) is 50.3 Å². The summed E-state index contributed by atoms with van der Waals surface area (Å²) in [6.45, 7) is 8.10. The summed E-state index contributed by atoms with van der Waals surface area (Å²) in [5.74, 6) is 1.54. The van der Waals surface area contributed by atoms with Crippen molar-refractivity contribution in [2.75, 3.05) is 33.3 Å². The topological polar surface area (TPSA) is 36.9 Å². The van der Waals surface area contributed by atoms with Crippen LogP contribution in [-0.2, 0) is 4.74 Å². The van der Waals surface area contributed by atoms with Gasteiger partial charge in [-0.1, -0.05) is 37.3 Å². The molecule has 0 spiro atoms. The molecule has 1 aromatic carbocycles. The molecule has 1 N–H and O–H groups in total. The predicted molar refractivity (Wildman–Crippen MR) is 97.1 cm³/mol. The van der Waals surface area contributed by atoms with E-state index in [9.17, 15) is 0 Å². The van der Waals surface area contributed by atoms with E-state index in [1.54, 1.807) is 0 Å². The minimum absolute atomic E-state index is 0.419. The molecule has 1 aliphatic rings. The van der Waals surface area contributed by atoms with Gasteiger partial charge in [0, 0.05) is 39.2 Å². The Morgan fingerprint density at radius 2 is 1.96 bits per heavy atom. The van der Waals surface area contributed by atoms with Gasteiger partial charge in [0.05, 0.1) is 6.10 Å². The van der Waals surface area contributed by atoms with E-state index in [-0.39, 0.29) is 0 Å². The SMILES string of the molecule is CCOC1CCN(C(=NC)NCC(CC)c2ccccc2)CC1. The Balaban J connectivity index is 1.85. The molecular weight excluding hydrogens is 286 g/mol. The quantitative estimate of drug-likeness (QED) is 0.646. The maximum absolute atomic E-state index is 5.73. The average molecular weight is 317 g/mol. The summed E-state index contributed by atoms with van der Waals surface area (Å²) in [4.78, 5) is 6.83. The highest BCUT2D eigenvalue weighted by molar-refractivity contribution is 5.80. The summed E-state index contributed by atoms with van der Waals surface area (Å²) in [5, 5.41) is 3.57. The standard InChI is InChI=1S/C19H31N3O/c1-4-16(17-9-7-6-8-10-17)15-21-19(20-3)22-13-11-18(12-14-22)23-5-2/h6-10,16,18H,4-5,11-15H2,1-3H3,(H,20,21). The zero-order valence-electron chi connectivity index (χ0n) is 14.8. The van der Waals surface area contributed by atoms with E-state index in [1.807, 2.05) is 7.05 Å². The summed E-state index contributed by atoms with van der Waals surface area (Å²) in [5.41, 5.74) is 1.40. The molecular formula is C19H31N3O. The average Bonchev–Trinajstić information content (AvgIpc) is 2.61. The van der Waals surface area contributed by atoms with Gasteiger partial charge in [0.25, 0.3) is 0 Å². The highest BCUT2D eigenvalue weighted by atomic mass is 16.5. The van der Waals surface area contributed by atoms with Crippen LogP contribution < -0.4 is 5.32 Å². The predicted octanol–water partition coefficient (Wildman–Crippen LogP) is 3.26. The third-order valence-electron chi connectivity index (χ3n) is 4.63. The minimum atomic E-state index is 0.419. The van der Waals surface area contributed by atoms with Crippen LogP contribution in [0.15, 0.2) is 35.3 Å². The molecule has 1 aliphatic heterocycles. The van der Waals surface area contributed by atoms with Gasteiger partial charge in [0.1, 0.15) is 0 Å². The number of hydrogen-bond acceptors (Lipinski definition) is 2. The maximum Gasteiger partial charge on any atom is 0.193 e. The first kappa shape index (κ1) is 17.8. The van der Waals surface area contributed by atoms with Crippen LogP contribution in [0.3, 0.4) is 0 Å². The van der Waals surface area contributed by atoms with Gasteiger partial charge in [-0.25, -0.2) is 0 Å². The van der Waals surface area contributed by atoms with Crippen molar-refractivity contribution in [2.45, 2.75) is 45.1 Å². The van der Waals surface area contributed by atoms with E-state index in [0.717, 1.165) is 51.5 Å². The maximum atomic E-state index is 5.73. The van der Waals surface area contributed by atoms with Gasteiger partial charge < -0.3 is 15.0 Å². The second-order valence-corrected chi connectivity index (χ2v) is 6.09. The van der Waals surface area contributed by atoms with Crippen molar-refractivity contribution in [1.82, 2.24) is 10.2 Å². The molecule has 1 aromatic rings. The molecule has 1 heterocycles. The van der Waals surface area contributed by atoms with Gasteiger partial charge in [0.2, 0.25) is 0 Å². The number of hydrogen-bond donors (Lipinski definition) is 1. The fraction of sp³-hybridized carbons (Fsp3) is 0.632. The van der Waals surface area contributed by atoms with Crippen molar-refractivity contribution in [2.24, 2.45) is 4.99 Å². The summed E-state index contributed by atoms with van der Waals surface area (Å²) in [7, 11) is 1.88. The normalized spacial score (nSPS) is 18.0. The molecule has 0 amide bonds. The number of piperidine rings is 1. The fourth-order valence-corrected chi connectivity index (χ4v) is 3.24. The van der Waals surface area contributed by atoms with Crippen LogP contribution >= 0.6 is 0 Å². The highest BCUT2D eigenvalue weighted by Gasteiger charge is 2.22. The van der Waals surface area contributed by atoms with Crippen LogP contribution in [0.4, 0.5) is 0 Å². The lowest BCUT2D eigenvalue weighted by molar-refractivity contribution is 0.0263. The Morgan fingerprint density at radius 3 is 2.52 bits per heavy atom. The number of guanidine groups is 1. The number of rotatable bonds is 6. The first-order valence-electron chi connectivity index (χ1n) is 8.90. The van der Waals surface area contributed by atoms with E-state index in [2.05, 4.69) is 59.4 Å². The first-order valence-corrected chi connectivity index (χ1v) is 8.90. The number of benzene rings is 1. The van der Waals surface area contributed by atoms with Crippen LogP contribution in [0.25, 0.3) is 0 Å². The third kappa shape index (κ3) is 5.24. The number of likely N-dealkylation sites (tertiary alicyclic amines) is 1. The van der Waals surface area contributed by atoms with Crippen molar-refractivity contribution >= 4 is 5.96 Å². The van der Waals surface area contributed by atoms with Crippen molar-refractivity contribution < 1.29 is 4.74 Å². The summed E-state index contributed by atoms with van der Waals surface area (Å²) in [6.07, 6.45) is 3.72. The van der Waals surface area contributed by atoms with Gasteiger partial charge in [-0.05, 0) is 31.7 Å². The molecule has 23 heavy (non-hydrogen) atoms. The lowest BCUT2D eigenvalue weighted by Gasteiger charge is -2.34. The molecule has 1 unspecified atom stereocenters. The Labute approximate surface area is 140 Å². The molecule has 0 radical (unpaired) electrons. The van der Waals surface area contributed by atoms with Crippen LogP contribution in [0.2, 0.25) is 0 Å². The lowest BCUT2D eigenvalue weighted by atomic mass is 9.96. The summed E-state index contributed by atoms with van der Waals surface area (Å²) >= 11 is 0. The van der Waals surface area contributed by atoms with Crippen molar-refractivity contribution in [3.63, 3.8) is 0 Å². The van der Waals surface area contributed by atoms with Crippen molar-refractivity contribution in [3.05, 3.63) is 35.9 Å². The number of aliphatic imine (C=N–C) groups is 1. The second kappa shape index (κ2) is 9.56. The molecule has 2 rings (SSSR count). The number of ether oxygens (including phenoxy) is 1. The van der Waals surface area contributed by atoms with Crippen LogP contribution in [0, 0.1) is 0 Å². The Morgan fingerprint density at radius 1 is 1.26 bits per heavy atom. The molecule has 4 nitrogen and oxygen atoms in total. The Bertz CT molecular complexity index is 467. The van der Waals surface area contributed by atoms with Crippen molar-refractivity contribution in [1.29, 1.82) is 0 Å². The molecule has 1 saturated heterocycles. The first-order chi connectivity index (χ1) is 11.3. The minimum Gasteiger partial charge on any atom is -0.378 e. The van der Waals surface area contributed by atoms with Gasteiger partial charge in [-0.15, -0.1) is 0 Å². The Hall–Kier alpha value is -1.55. The number of nitrogens with one attached hydrogen (secondary N) is 1. The van der Waals surface area contributed by atoms with Gasteiger partial charge in [-0.3, -0.25) is 4.99 Å². The second-order valence-electron chi connectivity index (χ2n) is 6.09. The van der Waals surface area contributed by atoms with E-state index in [1.165, 1.54) is 5.56 Å². The van der Waals surface area contributed by atoms with E-state index >= 15 is 0 Å². The molecule has 0 bridgehead atoms. The van der Waals surface area contributed by atoms with E-state index < -0.39 is 0 Å². The molecule has 128 valence electrons. The summed E-state index contributed by atoms with van der Waals surface area (Å²) < 4.78 is 5.73. The van der Waals surface area contributed by atoms with Crippen molar-refractivity contribution in [3.8, 4) is 0 Å². The molecule has 0 saturated carbocycles. The fourth-order valence-electron chi connectivity index (χ4n) is 3.24. The third-order valence-corrected chi connectivity index (χ3v) is 4.63. The largest absolute Gasteiger partial charge is 0.378 e. The highest BCUT2D eigenvalue weighted by Crippen LogP contribution is 2.18. The monoisotopic (exact) mass is 317 g/mol. The van der Waals surface area contributed by atoms with E-state index in [0.29, 0.717) is 12.0 Å². The van der Waals surface area contributed by atoms with Gasteiger partial charge >= 0.3 is 0 Å². The van der Waals surface area contributed by atoms with Gasteiger partial charge in [0.15, 0.2) is 5.96 Å². The Kier molecular flexibility index (Phi) is 7.40. The lowest BCUT2D eigenvalue weighted by Crippen LogP contribution is -2.47. The zero-order valence-corrected chi connectivity index (χ0v) is 14.8. The molecule has 1 atom stereocenters. The molecule has 4 heteroatoms.